The molecule has 1 aromatic rings. The number of nitrogens with one attached hydrogen (secondary N) is 2. The largest absolute Gasteiger partial charge is 0.489 e. The number of rotatable bonds is 7. The van der Waals surface area contributed by atoms with Gasteiger partial charge in [0, 0.05) is 11.6 Å². The van der Waals surface area contributed by atoms with Crippen molar-refractivity contribution in [1.29, 1.82) is 0 Å². The first kappa shape index (κ1) is 16.1. The summed E-state index contributed by atoms with van der Waals surface area (Å²) in [5.74, 6) is -0.292. The van der Waals surface area contributed by atoms with Gasteiger partial charge < -0.3 is 20.5 Å². The monoisotopic (exact) mass is 300 g/mol. The zero-order valence-corrected chi connectivity index (χ0v) is 11.8. The predicted molar refractivity (Wildman–Crippen MR) is 75.2 cm³/mol. The van der Waals surface area contributed by atoms with Crippen LogP contribution in [0.5, 0.6) is 5.75 Å². The molecule has 1 atom stereocenters. The summed E-state index contributed by atoms with van der Waals surface area (Å²) in [7, 11) is 0. The molecule has 0 saturated heterocycles. The number of urea groups is 1. The summed E-state index contributed by atoms with van der Waals surface area (Å²) < 4.78 is 5.57. The van der Waals surface area contributed by atoms with Crippen molar-refractivity contribution in [2.75, 3.05) is 13.1 Å². The Kier molecular flexibility index (Phi) is 6.66. The molecule has 110 valence electrons. The Morgan fingerprint density at radius 1 is 1.30 bits per heavy atom. The van der Waals surface area contributed by atoms with Crippen molar-refractivity contribution in [3.05, 3.63) is 29.3 Å². The van der Waals surface area contributed by atoms with Gasteiger partial charge >= 0.3 is 12.0 Å². The number of amides is 2. The molecule has 0 fully saturated rings. The number of carboxylic acids is 1. The maximum absolute atomic E-state index is 11.3. The van der Waals surface area contributed by atoms with Gasteiger partial charge in [-0.25, -0.2) is 4.79 Å². The summed E-state index contributed by atoms with van der Waals surface area (Å²) in [5.41, 5.74) is 0. The third-order valence-electron chi connectivity index (χ3n) is 2.33. The third-order valence-corrected chi connectivity index (χ3v) is 2.58. The van der Waals surface area contributed by atoms with E-state index >= 15 is 0 Å². The van der Waals surface area contributed by atoms with Gasteiger partial charge in [0.2, 0.25) is 0 Å². The van der Waals surface area contributed by atoms with E-state index in [-0.39, 0.29) is 19.1 Å². The number of hydrogen-bond acceptors (Lipinski definition) is 3. The lowest BCUT2D eigenvalue weighted by molar-refractivity contribution is -0.136. The van der Waals surface area contributed by atoms with E-state index in [1.165, 1.54) is 0 Å². The number of carbonyl (C=O) groups excluding carboxylic acids is 1. The van der Waals surface area contributed by atoms with Gasteiger partial charge in [-0.2, -0.15) is 0 Å². The van der Waals surface area contributed by atoms with E-state index < -0.39 is 12.0 Å². The molecule has 6 nitrogen and oxygen atoms in total. The van der Waals surface area contributed by atoms with Crippen LogP contribution in [0.2, 0.25) is 5.02 Å². The molecule has 0 radical (unpaired) electrons. The van der Waals surface area contributed by atoms with E-state index in [2.05, 4.69) is 10.6 Å². The number of carboxylic acid groups (broad SMARTS) is 1. The van der Waals surface area contributed by atoms with E-state index in [4.69, 9.17) is 21.4 Å². The number of aliphatic carboxylic acids is 1. The van der Waals surface area contributed by atoms with E-state index in [9.17, 15) is 9.59 Å². The van der Waals surface area contributed by atoms with Crippen molar-refractivity contribution in [3.8, 4) is 5.75 Å². The van der Waals surface area contributed by atoms with Gasteiger partial charge in [0.05, 0.1) is 13.0 Å². The first-order valence-electron chi connectivity index (χ1n) is 6.13. The van der Waals surface area contributed by atoms with Crippen LogP contribution in [0, 0.1) is 0 Å². The smallest absolute Gasteiger partial charge is 0.314 e. The van der Waals surface area contributed by atoms with E-state index in [0.717, 1.165) is 0 Å². The highest BCUT2D eigenvalue weighted by atomic mass is 35.5. The Morgan fingerprint density at radius 3 is 2.55 bits per heavy atom. The maximum Gasteiger partial charge on any atom is 0.314 e. The van der Waals surface area contributed by atoms with Crippen LogP contribution in [-0.4, -0.2) is 36.3 Å². The second kappa shape index (κ2) is 8.27. The van der Waals surface area contributed by atoms with Crippen LogP contribution in [-0.2, 0) is 4.79 Å². The maximum atomic E-state index is 11.3. The van der Waals surface area contributed by atoms with Crippen LogP contribution in [0.1, 0.15) is 13.3 Å². The van der Waals surface area contributed by atoms with Crippen LogP contribution in [0.25, 0.3) is 0 Å². The first-order valence-corrected chi connectivity index (χ1v) is 6.51. The summed E-state index contributed by atoms with van der Waals surface area (Å²) in [4.78, 5) is 21.6. The van der Waals surface area contributed by atoms with Crippen molar-refractivity contribution < 1.29 is 19.4 Å². The van der Waals surface area contributed by atoms with Crippen molar-refractivity contribution >= 4 is 23.6 Å². The average Bonchev–Trinajstić information content (AvgIpc) is 2.39. The van der Waals surface area contributed by atoms with E-state index in [1.807, 2.05) is 6.92 Å². The molecule has 0 bridgehead atoms. The zero-order valence-electron chi connectivity index (χ0n) is 11.1. The summed E-state index contributed by atoms with van der Waals surface area (Å²) in [5, 5.41) is 14.1. The van der Waals surface area contributed by atoms with Crippen molar-refractivity contribution in [3.63, 3.8) is 0 Å². The quantitative estimate of drug-likeness (QED) is 0.717. The van der Waals surface area contributed by atoms with Crippen LogP contribution >= 0.6 is 11.6 Å². The minimum absolute atomic E-state index is 0.0909. The lowest BCUT2D eigenvalue weighted by Gasteiger charge is -2.15. The average molecular weight is 301 g/mol. The second-order valence-electron chi connectivity index (χ2n) is 4.16. The lowest BCUT2D eigenvalue weighted by Crippen LogP contribution is -2.41. The molecule has 0 aliphatic carbocycles. The normalized spacial score (nSPS) is 11.5. The highest BCUT2D eigenvalue weighted by Gasteiger charge is 2.07. The summed E-state index contributed by atoms with van der Waals surface area (Å²) in [6.45, 7) is 2.21. The number of halogens is 1. The van der Waals surface area contributed by atoms with Gasteiger partial charge in [0.25, 0.3) is 0 Å². The summed E-state index contributed by atoms with van der Waals surface area (Å²) in [6.07, 6.45) is -0.328. The van der Waals surface area contributed by atoms with Gasteiger partial charge in [-0.1, -0.05) is 11.6 Å². The highest BCUT2D eigenvalue weighted by molar-refractivity contribution is 6.30. The molecule has 3 N–H and O–H groups in total. The van der Waals surface area contributed by atoms with Crippen molar-refractivity contribution in [2.24, 2.45) is 0 Å². The van der Waals surface area contributed by atoms with E-state index in [0.29, 0.717) is 17.3 Å². The van der Waals surface area contributed by atoms with Gasteiger partial charge in [0.1, 0.15) is 11.9 Å². The molecule has 1 rings (SSSR count). The first-order chi connectivity index (χ1) is 9.47. The molecule has 0 aliphatic heterocycles. The molecule has 1 unspecified atom stereocenters. The molecule has 0 aromatic heterocycles. The van der Waals surface area contributed by atoms with Gasteiger partial charge in [-0.05, 0) is 31.2 Å². The fourth-order valence-corrected chi connectivity index (χ4v) is 1.50. The van der Waals surface area contributed by atoms with Crippen LogP contribution < -0.4 is 15.4 Å². The minimum atomic E-state index is -0.954. The summed E-state index contributed by atoms with van der Waals surface area (Å²) >= 11 is 5.76. The Hall–Kier alpha value is -1.95. The second-order valence-corrected chi connectivity index (χ2v) is 4.60. The molecule has 20 heavy (non-hydrogen) atoms. The number of ether oxygens (including phenoxy) is 1. The predicted octanol–water partition coefficient (Wildman–Crippen LogP) is 1.88. The summed E-state index contributed by atoms with van der Waals surface area (Å²) in [6, 6.07) is 6.50. The molecular formula is C13H17ClN2O4. The Labute approximate surface area is 122 Å². The molecule has 0 spiro atoms. The van der Waals surface area contributed by atoms with Gasteiger partial charge in [-0.3, -0.25) is 4.79 Å². The molecule has 7 heteroatoms. The van der Waals surface area contributed by atoms with Crippen LogP contribution in [0.4, 0.5) is 4.79 Å². The molecular weight excluding hydrogens is 284 g/mol. The molecule has 1 aromatic carbocycles. The SMILES string of the molecule is CC(CNC(=O)NCCC(=O)O)Oc1ccc(Cl)cc1. The zero-order chi connectivity index (χ0) is 15.0. The number of hydrogen-bond donors (Lipinski definition) is 3. The Morgan fingerprint density at radius 2 is 1.95 bits per heavy atom. The van der Waals surface area contributed by atoms with Crippen molar-refractivity contribution in [1.82, 2.24) is 10.6 Å². The van der Waals surface area contributed by atoms with Gasteiger partial charge in [-0.15, -0.1) is 0 Å². The van der Waals surface area contributed by atoms with Crippen LogP contribution in [0.15, 0.2) is 24.3 Å². The van der Waals surface area contributed by atoms with Gasteiger partial charge in [0.15, 0.2) is 0 Å². The fourth-order valence-electron chi connectivity index (χ4n) is 1.37. The standard InChI is InChI=1S/C13H17ClN2O4/c1-9(20-11-4-2-10(14)3-5-11)8-16-13(19)15-7-6-12(17)18/h2-5,9H,6-8H2,1H3,(H,17,18)(H2,15,16,19). The third kappa shape index (κ3) is 6.84. The molecule has 0 heterocycles. The van der Waals surface area contributed by atoms with E-state index in [1.54, 1.807) is 24.3 Å². The lowest BCUT2D eigenvalue weighted by atomic mass is 10.3. The number of carbonyl (C=O) groups is 2. The Balaban J connectivity index is 2.22. The highest BCUT2D eigenvalue weighted by Crippen LogP contribution is 2.16. The molecule has 0 aliphatic rings. The fraction of sp³-hybridized carbons (Fsp3) is 0.385. The minimum Gasteiger partial charge on any atom is -0.489 e. The Bertz CT molecular complexity index is 450. The molecule has 0 saturated carbocycles. The van der Waals surface area contributed by atoms with Crippen molar-refractivity contribution in [2.45, 2.75) is 19.4 Å². The number of benzene rings is 1. The topological polar surface area (TPSA) is 87.7 Å². The molecule has 2 amide bonds. The van der Waals surface area contributed by atoms with Crippen LogP contribution in [0.3, 0.4) is 0 Å².